The highest BCUT2D eigenvalue weighted by Gasteiger charge is 2.09. The molecule has 2 heterocycles. The van der Waals surface area contributed by atoms with Gasteiger partial charge >= 0.3 is 0 Å². The van der Waals surface area contributed by atoms with Crippen molar-refractivity contribution in [3.63, 3.8) is 0 Å². The van der Waals surface area contributed by atoms with Gasteiger partial charge in [-0.15, -0.1) is 11.3 Å². The minimum absolute atomic E-state index is 0.230. The molecule has 0 spiro atoms. The number of rotatable bonds is 2. The Hall–Kier alpha value is -1.72. The van der Waals surface area contributed by atoms with Crippen LogP contribution >= 0.6 is 11.3 Å². The Morgan fingerprint density at radius 3 is 3.00 bits per heavy atom. The predicted octanol–water partition coefficient (Wildman–Crippen LogP) is 3.15. The Morgan fingerprint density at radius 1 is 1.35 bits per heavy atom. The number of hydrogen-bond donors (Lipinski definition) is 1. The van der Waals surface area contributed by atoms with Crippen LogP contribution in [-0.2, 0) is 6.54 Å². The maximum absolute atomic E-state index is 13.1. The molecule has 2 N–H and O–H groups in total. The van der Waals surface area contributed by atoms with Crippen molar-refractivity contribution >= 4 is 21.4 Å². The third kappa shape index (κ3) is 1.83. The van der Waals surface area contributed by atoms with Gasteiger partial charge in [0.15, 0.2) is 5.76 Å². The van der Waals surface area contributed by atoms with Crippen LogP contribution in [-0.4, -0.2) is 4.98 Å². The van der Waals surface area contributed by atoms with Crippen LogP contribution in [0.25, 0.3) is 20.7 Å². The van der Waals surface area contributed by atoms with E-state index in [0.29, 0.717) is 11.7 Å². The van der Waals surface area contributed by atoms with E-state index in [1.165, 1.54) is 23.5 Å². The minimum Gasteiger partial charge on any atom is -0.438 e. The summed E-state index contributed by atoms with van der Waals surface area (Å²) in [7, 11) is 0. The molecule has 3 rings (SSSR count). The molecule has 2 aromatic heterocycles. The van der Waals surface area contributed by atoms with E-state index in [0.717, 1.165) is 15.0 Å². The zero-order valence-electron chi connectivity index (χ0n) is 8.81. The molecule has 0 aliphatic heterocycles. The summed E-state index contributed by atoms with van der Waals surface area (Å²) in [6.45, 7) is 0.277. The molecule has 5 heteroatoms. The lowest BCUT2D eigenvalue weighted by Crippen LogP contribution is -1.94. The van der Waals surface area contributed by atoms with Crippen molar-refractivity contribution in [1.29, 1.82) is 0 Å². The lowest BCUT2D eigenvalue weighted by Gasteiger charge is -1.87. The summed E-state index contributed by atoms with van der Waals surface area (Å²) in [6, 6.07) is 6.68. The molecular formula is C12H9FN2OS. The van der Waals surface area contributed by atoms with Crippen LogP contribution in [0.1, 0.15) is 5.89 Å². The predicted molar refractivity (Wildman–Crippen MR) is 65.2 cm³/mol. The molecule has 0 unspecified atom stereocenters. The van der Waals surface area contributed by atoms with Crippen LogP contribution in [0.5, 0.6) is 0 Å². The Labute approximate surface area is 101 Å². The van der Waals surface area contributed by atoms with Crippen LogP contribution in [0.2, 0.25) is 0 Å². The summed E-state index contributed by atoms with van der Waals surface area (Å²) >= 11 is 1.47. The maximum Gasteiger partial charge on any atom is 0.208 e. The number of oxazole rings is 1. The highest BCUT2D eigenvalue weighted by Crippen LogP contribution is 2.34. The van der Waals surface area contributed by atoms with Gasteiger partial charge in [0.1, 0.15) is 5.82 Å². The Morgan fingerprint density at radius 2 is 2.24 bits per heavy atom. The van der Waals surface area contributed by atoms with Gasteiger partial charge in [0.2, 0.25) is 5.89 Å². The minimum atomic E-state index is -0.230. The van der Waals surface area contributed by atoms with Crippen LogP contribution in [0.3, 0.4) is 0 Å². The standard InChI is InChI=1S/C12H9FN2OS/c13-8-2-1-7-3-11(17-10(7)4-8)9-6-15-12(5-14)16-9/h1-4,6H,5,14H2. The fraction of sp³-hybridized carbons (Fsp3) is 0.0833. The van der Waals surface area contributed by atoms with Crippen molar-refractivity contribution in [2.75, 3.05) is 0 Å². The third-order valence-electron chi connectivity index (χ3n) is 2.45. The van der Waals surface area contributed by atoms with E-state index < -0.39 is 0 Å². The van der Waals surface area contributed by atoms with Crippen LogP contribution in [0.15, 0.2) is 34.9 Å². The number of aromatic nitrogens is 1. The second-order valence-electron chi connectivity index (χ2n) is 3.62. The van der Waals surface area contributed by atoms with Gasteiger partial charge in [-0.25, -0.2) is 9.37 Å². The zero-order chi connectivity index (χ0) is 11.8. The average Bonchev–Trinajstić information content (AvgIpc) is 2.93. The fourth-order valence-corrected chi connectivity index (χ4v) is 2.68. The smallest absolute Gasteiger partial charge is 0.208 e. The first-order valence-corrected chi connectivity index (χ1v) is 5.92. The topological polar surface area (TPSA) is 52.0 Å². The van der Waals surface area contributed by atoms with Crippen molar-refractivity contribution in [2.24, 2.45) is 5.73 Å². The second kappa shape index (κ2) is 3.94. The number of nitrogens with zero attached hydrogens (tertiary/aromatic N) is 1. The van der Waals surface area contributed by atoms with Gasteiger partial charge in [0, 0.05) is 4.70 Å². The molecule has 3 aromatic rings. The summed E-state index contributed by atoms with van der Waals surface area (Å²) in [5.41, 5.74) is 5.43. The second-order valence-corrected chi connectivity index (χ2v) is 4.70. The van der Waals surface area contributed by atoms with Gasteiger partial charge in [-0.3, -0.25) is 0 Å². The van der Waals surface area contributed by atoms with E-state index in [1.807, 2.05) is 6.07 Å². The first-order valence-electron chi connectivity index (χ1n) is 5.10. The average molecular weight is 248 g/mol. The Balaban J connectivity index is 2.11. The van der Waals surface area contributed by atoms with E-state index in [2.05, 4.69) is 4.98 Å². The SMILES string of the molecule is NCc1ncc(-c2cc3ccc(F)cc3s2)o1. The summed E-state index contributed by atoms with van der Waals surface area (Å²) in [5.74, 6) is 0.946. The van der Waals surface area contributed by atoms with Gasteiger partial charge in [0.05, 0.1) is 17.6 Å². The summed E-state index contributed by atoms with van der Waals surface area (Å²) in [5, 5.41) is 0.997. The van der Waals surface area contributed by atoms with Gasteiger partial charge in [0.25, 0.3) is 0 Å². The number of halogens is 1. The number of nitrogens with two attached hydrogens (primary N) is 1. The number of fused-ring (bicyclic) bond motifs is 1. The number of hydrogen-bond acceptors (Lipinski definition) is 4. The van der Waals surface area contributed by atoms with Gasteiger partial charge in [-0.1, -0.05) is 6.07 Å². The van der Waals surface area contributed by atoms with Gasteiger partial charge in [-0.05, 0) is 23.6 Å². The summed E-state index contributed by atoms with van der Waals surface area (Å²) in [4.78, 5) is 4.97. The largest absolute Gasteiger partial charge is 0.438 e. The summed E-state index contributed by atoms with van der Waals surface area (Å²) < 4.78 is 19.4. The molecule has 0 saturated heterocycles. The van der Waals surface area contributed by atoms with Crippen LogP contribution in [0.4, 0.5) is 4.39 Å². The Bertz CT molecular complexity index is 674. The summed E-state index contributed by atoms with van der Waals surface area (Å²) in [6.07, 6.45) is 1.64. The van der Waals surface area contributed by atoms with Crippen molar-refractivity contribution in [2.45, 2.75) is 6.54 Å². The first-order chi connectivity index (χ1) is 8.26. The van der Waals surface area contributed by atoms with E-state index in [4.69, 9.17) is 10.2 Å². The quantitative estimate of drug-likeness (QED) is 0.758. The molecule has 17 heavy (non-hydrogen) atoms. The molecule has 0 fully saturated rings. The fourth-order valence-electron chi connectivity index (χ4n) is 1.64. The normalized spacial score (nSPS) is 11.2. The number of benzene rings is 1. The lowest BCUT2D eigenvalue weighted by molar-refractivity contribution is 0.510. The molecule has 0 aliphatic rings. The van der Waals surface area contributed by atoms with Crippen LogP contribution < -0.4 is 5.73 Å². The molecule has 0 radical (unpaired) electrons. The molecular weight excluding hydrogens is 239 g/mol. The van der Waals surface area contributed by atoms with Gasteiger partial charge < -0.3 is 10.2 Å². The maximum atomic E-state index is 13.1. The molecule has 0 saturated carbocycles. The molecule has 1 aromatic carbocycles. The highest BCUT2D eigenvalue weighted by molar-refractivity contribution is 7.22. The Kier molecular flexibility index (Phi) is 2.42. The molecule has 0 atom stereocenters. The first kappa shape index (κ1) is 10.4. The van der Waals surface area contributed by atoms with E-state index in [9.17, 15) is 4.39 Å². The third-order valence-corrected chi connectivity index (χ3v) is 3.57. The molecule has 0 aliphatic carbocycles. The van der Waals surface area contributed by atoms with E-state index >= 15 is 0 Å². The molecule has 86 valence electrons. The van der Waals surface area contributed by atoms with Crippen LogP contribution in [0, 0.1) is 5.82 Å². The molecule has 3 nitrogen and oxygen atoms in total. The van der Waals surface area contributed by atoms with Crippen molar-refractivity contribution in [3.05, 3.63) is 42.2 Å². The van der Waals surface area contributed by atoms with E-state index in [1.54, 1.807) is 12.3 Å². The lowest BCUT2D eigenvalue weighted by atomic mass is 10.2. The van der Waals surface area contributed by atoms with Crippen molar-refractivity contribution < 1.29 is 8.81 Å². The number of thiophene rings is 1. The molecule has 0 bridgehead atoms. The molecule has 0 amide bonds. The van der Waals surface area contributed by atoms with Gasteiger partial charge in [-0.2, -0.15) is 0 Å². The highest BCUT2D eigenvalue weighted by atomic mass is 32.1. The zero-order valence-corrected chi connectivity index (χ0v) is 9.63. The van der Waals surface area contributed by atoms with E-state index in [-0.39, 0.29) is 12.4 Å². The van der Waals surface area contributed by atoms with Crippen molar-refractivity contribution in [1.82, 2.24) is 4.98 Å². The van der Waals surface area contributed by atoms with Crippen molar-refractivity contribution in [3.8, 4) is 10.6 Å². The monoisotopic (exact) mass is 248 g/mol.